The molecule has 9 heteroatoms. The van der Waals surface area contributed by atoms with Crippen molar-refractivity contribution in [1.29, 1.82) is 0 Å². The minimum absolute atomic E-state index is 0.00211. The largest absolute Gasteiger partial charge is 0.465 e. The van der Waals surface area contributed by atoms with E-state index in [-0.39, 0.29) is 34.3 Å². The van der Waals surface area contributed by atoms with Crippen molar-refractivity contribution in [1.82, 2.24) is 0 Å². The van der Waals surface area contributed by atoms with E-state index in [9.17, 15) is 18.0 Å². The fourth-order valence-corrected chi connectivity index (χ4v) is 3.48. The maximum atomic E-state index is 12.6. The number of hydrogen-bond acceptors (Lipinski definition) is 7. The number of carbonyl (C=O) groups is 2. The molecule has 136 valence electrons. The Morgan fingerprint density at radius 1 is 1.08 bits per heavy atom. The van der Waals surface area contributed by atoms with Crippen LogP contribution >= 0.6 is 0 Å². The Hall–Kier alpha value is -3.07. The smallest absolute Gasteiger partial charge is 0.337 e. The number of sulfonamides is 1. The van der Waals surface area contributed by atoms with E-state index < -0.39 is 16.0 Å². The molecule has 1 heterocycles. The topological polar surface area (TPSA) is 108 Å². The molecule has 3 rings (SSSR count). The van der Waals surface area contributed by atoms with Crippen molar-refractivity contribution < 1.29 is 32.2 Å². The summed E-state index contributed by atoms with van der Waals surface area (Å²) in [5.41, 5.74) is 0.460. The minimum atomic E-state index is -3.99. The summed E-state index contributed by atoms with van der Waals surface area (Å²) < 4.78 is 42.6. The number of ether oxygens (including phenoxy) is 3. The first-order chi connectivity index (χ1) is 12.3. The molecule has 8 nitrogen and oxygen atoms in total. The van der Waals surface area contributed by atoms with Crippen LogP contribution < -0.4 is 14.2 Å². The van der Waals surface area contributed by atoms with Crippen LogP contribution in [0.25, 0.3) is 0 Å². The number of esters is 1. The van der Waals surface area contributed by atoms with Gasteiger partial charge in [0.05, 0.1) is 23.3 Å². The average Bonchev–Trinajstić information content (AvgIpc) is 3.07. The van der Waals surface area contributed by atoms with Gasteiger partial charge in [-0.1, -0.05) is 0 Å². The Kier molecular flexibility index (Phi) is 4.56. The predicted molar refractivity (Wildman–Crippen MR) is 91.2 cm³/mol. The van der Waals surface area contributed by atoms with Crippen molar-refractivity contribution in [3.05, 3.63) is 47.5 Å². The van der Waals surface area contributed by atoms with Crippen LogP contribution in [-0.4, -0.2) is 34.1 Å². The zero-order valence-corrected chi connectivity index (χ0v) is 14.8. The Balaban J connectivity index is 1.95. The number of Topliss-reactive ketones (excluding diaryl/α,β-unsaturated/α-hetero) is 1. The summed E-state index contributed by atoms with van der Waals surface area (Å²) in [6, 6.07) is 8.06. The molecule has 0 bridgehead atoms. The van der Waals surface area contributed by atoms with Gasteiger partial charge >= 0.3 is 5.97 Å². The third kappa shape index (κ3) is 3.33. The van der Waals surface area contributed by atoms with Crippen molar-refractivity contribution in [3.8, 4) is 11.5 Å². The molecule has 26 heavy (non-hydrogen) atoms. The SMILES string of the molecule is COC(=O)c1ccc(S(=O)(=O)Nc2cc3c(cc2C(C)=O)OCO3)cc1. The van der Waals surface area contributed by atoms with Crippen molar-refractivity contribution >= 4 is 27.5 Å². The van der Waals surface area contributed by atoms with E-state index in [4.69, 9.17) is 9.47 Å². The van der Waals surface area contributed by atoms with Gasteiger partial charge in [-0.3, -0.25) is 9.52 Å². The fraction of sp³-hybridized carbons (Fsp3) is 0.176. The van der Waals surface area contributed by atoms with Crippen molar-refractivity contribution in [2.24, 2.45) is 0 Å². The first-order valence-electron chi connectivity index (χ1n) is 7.47. The van der Waals surface area contributed by atoms with Crippen LogP contribution in [0.2, 0.25) is 0 Å². The van der Waals surface area contributed by atoms with Crippen molar-refractivity contribution in [2.75, 3.05) is 18.6 Å². The molecular formula is C17H15NO7S. The number of nitrogens with one attached hydrogen (secondary N) is 1. The second kappa shape index (κ2) is 6.68. The molecule has 0 atom stereocenters. The summed E-state index contributed by atoms with van der Waals surface area (Å²) in [5, 5.41) is 0. The number of anilines is 1. The summed E-state index contributed by atoms with van der Waals surface area (Å²) in [5.74, 6) is -0.187. The molecule has 1 N–H and O–H groups in total. The molecule has 0 aliphatic carbocycles. The van der Waals surface area contributed by atoms with Crippen LogP contribution in [0.15, 0.2) is 41.3 Å². The first kappa shape index (κ1) is 17.7. The van der Waals surface area contributed by atoms with E-state index in [1.807, 2.05) is 0 Å². The van der Waals surface area contributed by atoms with Crippen molar-refractivity contribution in [2.45, 2.75) is 11.8 Å². The summed E-state index contributed by atoms with van der Waals surface area (Å²) in [6.45, 7) is 1.32. The highest BCUT2D eigenvalue weighted by atomic mass is 32.2. The third-order valence-corrected chi connectivity index (χ3v) is 5.10. The molecule has 0 saturated heterocycles. The molecule has 0 unspecified atom stereocenters. The van der Waals surface area contributed by atoms with E-state index in [0.717, 1.165) is 0 Å². The molecule has 0 radical (unpaired) electrons. The van der Waals surface area contributed by atoms with E-state index in [1.165, 1.54) is 50.4 Å². The van der Waals surface area contributed by atoms with E-state index >= 15 is 0 Å². The number of carbonyl (C=O) groups excluding carboxylic acids is 2. The minimum Gasteiger partial charge on any atom is -0.465 e. The van der Waals surface area contributed by atoms with Gasteiger partial charge in [0.2, 0.25) is 6.79 Å². The molecule has 2 aromatic carbocycles. The monoisotopic (exact) mass is 377 g/mol. The Labute approximate surface area is 149 Å². The second-order valence-electron chi connectivity index (χ2n) is 5.43. The fourth-order valence-electron chi connectivity index (χ4n) is 2.41. The van der Waals surface area contributed by atoms with E-state index in [0.29, 0.717) is 11.5 Å². The Morgan fingerprint density at radius 3 is 2.27 bits per heavy atom. The molecule has 2 aromatic rings. The van der Waals surface area contributed by atoms with Crippen LogP contribution in [0, 0.1) is 0 Å². The molecule has 1 aliphatic rings. The zero-order valence-electron chi connectivity index (χ0n) is 13.9. The van der Waals surface area contributed by atoms with Gasteiger partial charge in [-0.25, -0.2) is 13.2 Å². The molecule has 0 fully saturated rings. The summed E-state index contributed by atoms with van der Waals surface area (Å²) in [6.07, 6.45) is 0. The lowest BCUT2D eigenvalue weighted by Crippen LogP contribution is -2.15. The Bertz CT molecular complexity index is 981. The van der Waals surface area contributed by atoms with Gasteiger partial charge in [0.25, 0.3) is 10.0 Å². The number of hydrogen-bond donors (Lipinski definition) is 1. The maximum Gasteiger partial charge on any atom is 0.337 e. The van der Waals surface area contributed by atoms with E-state index in [1.54, 1.807) is 0 Å². The van der Waals surface area contributed by atoms with E-state index in [2.05, 4.69) is 9.46 Å². The van der Waals surface area contributed by atoms with Crippen LogP contribution in [-0.2, 0) is 14.8 Å². The third-order valence-electron chi connectivity index (χ3n) is 3.72. The van der Waals surface area contributed by atoms with Gasteiger partial charge in [-0.2, -0.15) is 0 Å². The molecule has 1 aliphatic heterocycles. The molecule has 0 spiro atoms. The highest BCUT2D eigenvalue weighted by Gasteiger charge is 2.23. The summed E-state index contributed by atoms with van der Waals surface area (Å²) in [4.78, 5) is 23.2. The molecule has 0 aromatic heterocycles. The Morgan fingerprint density at radius 2 is 1.69 bits per heavy atom. The predicted octanol–water partition coefficient (Wildman–Crippen LogP) is 2.21. The number of benzene rings is 2. The van der Waals surface area contributed by atoms with Gasteiger partial charge in [-0.05, 0) is 37.3 Å². The van der Waals surface area contributed by atoms with Gasteiger partial charge < -0.3 is 14.2 Å². The summed E-state index contributed by atoms with van der Waals surface area (Å²) >= 11 is 0. The molecule has 0 amide bonds. The van der Waals surface area contributed by atoms with Gasteiger partial charge in [0.15, 0.2) is 17.3 Å². The summed E-state index contributed by atoms with van der Waals surface area (Å²) in [7, 11) is -2.75. The van der Waals surface area contributed by atoms with Crippen LogP contribution in [0.5, 0.6) is 11.5 Å². The van der Waals surface area contributed by atoms with Crippen LogP contribution in [0.1, 0.15) is 27.6 Å². The number of fused-ring (bicyclic) bond motifs is 1. The number of methoxy groups -OCH3 is 1. The zero-order chi connectivity index (χ0) is 18.9. The lowest BCUT2D eigenvalue weighted by Gasteiger charge is -2.12. The quantitative estimate of drug-likeness (QED) is 0.628. The molecular weight excluding hydrogens is 362 g/mol. The first-order valence-corrected chi connectivity index (χ1v) is 8.96. The van der Waals surface area contributed by atoms with Gasteiger partial charge in [-0.15, -0.1) is 0 Å². The maximum absolute atomic E-state index is 12.6. The highest BCUT2D eigenvalue weighted by Crippen LogP contribution is 2.38. The van der Waals surface area contributed by atoms with Crippen LogP contribution in [0.3, 0.4) is 0 Å². The second-order valence-corrected chi connectivity index (χ2v) is 7.11. The highest BCUT2D eigenvalue weighted by molar-refractivity contribution is 7.92. The number of rotatable bonds is 5. The number of ketones is 1. The lowest BCUT2D eigenvalue weighted by molar-refractivity contribution is 0.0600. The van der Waals surface area contributed by atoms with Gasteiger partial charge in [0, 0.05) is 11.6 Å². The standard InChI is InChI=1S/C17H15NO7S/c1-10(19)13-7-15-16(25-9-24-15)8-14(13)18-26(21,22)12-5-3-11(4-6-12)17(20)23-2/h3-8,18H,9H2,1-2H3. The van der Waals surface area contributed by atoms with Crippen molar-refractivity contribution in [3.63, 3.8) is 0 Å². The van der Waals surface area contributed by atoms with Gasteiger partial charge in [0.1, 0.15) is 0 Å². The molecule has 0 saturated carbocycles. The van der Waals surface area contributed by atoms with Crippen LogP contribution in [0.4, 0.5) is 5.69 Å². The normalized spacial score (nSPS) is 12.5. The lowest BCUT2D eigenvalue weighted by atomic mass is 10.1. The average molecular weight is 377 g/mol.